The van der Waals surface area contributed by atoms with Gasteiger partial charge in [0.2, 0.25) is 11.8 Å². The Morgan fingerprint density at radius 2 is 1.63 bits per heavy atom. The zero-order chi connectivity index (χ0) is 19.8. The van der Waals surface area contributed by atoms with E-state index in [1.165, 1.54) is 6.92 Å². The summed E-state index contributed by atoms with van der Waals surface area (Å²) in [6, 6.07) is 14.9. The van der Waals surface area contributed by atoms with Crippen LogP contribution in [0.4, 0.5) is 11.4 Å². The number of hydrogen-bond donors (Lipinski definition) is 1. The summed E-state index contributed by atoms with van der Waals surface area (Å²) in [6.07, 6.45) is 1.88. The molecule has 0 spiro atoms. The summed E-state index contributed by atoms with van der Waals surface area (Å²) in [5, 5.41) is 11.9. The van der Waals surface area contributed by atoms with E-state index >= 15 is 0 Å². The van der Waals surface area contributed by atoms with E-state index in [1.807, 2.05) is 18.2 Å². The van der Waals surface area contributed by atoms with Crippen LogP contribution in [0.3, 0.4) is 0 Å². The molecule has 2 rings (SSSR count). The van der Waals surface area contributed by atoms with Crippen molar-refractivity contribution >= 4 is 23.2 Å². The van der Waals surface area contributed by atoms with Crippen LogP contribution in [0.2, 0.25) is 0 Å². The number of nitrogens with one attached hydrogen (secondary N) is 1. The summed E-state index contributed by atoms with van der Waals surface area (Å²) in [5.41, 5.74) is 4.32. The molecular formula is C22H25N3O2. The molecule has 0 aliphatic heterocycles. The van der Waals surface area contributed by atoms with Crippen molar-refractivity contribution in [1.82, 2.24) is 0 Å². The molecule has 2 amide bonds. The Balaban J connectivity index is 2.09. The predicted molar refractivity (Wildman–Crippen MR) is 108 cm³/mol. The number of nitriles is 1. The van der Waals surface area contributed by atoms with Crippen LogP contribution in [0, 0.1) is 11.3 Å². The number of para-hydroxylation sites is 1. The van der Waals surface area contributed by atoms with Crippen LogP contribution in [0.25, 0.3) is 0 Å². The molecule has 0 bridgehead atoms. The monoisotopic (exact) mass is 363 g/mol. The molecule has 1 N–H and O–H groups in total. The fourth-order valence-electron chi connectivity index (χ4n) is 3.00. The largest absolute Gasteiger partial charge is 0.326 e. The molecule has 0 aliphatic carbocycles. The van der Waals surface area contributed by atoms with Crippen molar-refractivity contribution in [3.63, 3.8) is 0 Å². The summed E-state index contributed by atoms with van der Waals surface area (Å²) in [5.74, 6) is -0.263. The number of amides is 2. The van der Waals surface area contributed by atoms with Gasteiger partial charge in [0.25, 0.3) is 0 Å². The van der Waals surface area contributed by atoms with E-state index in [9.17, 15) is 9.59 Å². The minimum absolute atomic E-state index is 0.120. The highest BCUT2D eigenvalue weighted by atomic mass is 16.2. The van der Waals surface area contributed by atoms with Crippen LogP contribution >= 0.6 is 0 Å². The van der Waals surface area contributed by atoms with Crippen LogP contribution < -0.4 is 10.2 Å². The molecule has 5 heteroatoms. The van der Waals surface area contributed by atoms with Crippen molar-refractivity contribution in [2.45, 2.75) is 40.0 Å². The van der Waals surface area contributed by atoms with Crippen LogP contribution in [-0.4, -0.2) is 18.4 Å². The van der Waals surface area contributed by atoms with Crippen molar-refractivity contribution in [2.24, 2.45) is 0 Å². The second kappa shape index (κ2) is 9.54. The maximum Gasteiger partial charge on any atom is 0.226 e. The topological polar surface area (TPSA) is 73.2 Å². The number of carbonyl (C=O) groups is 2. The number of anilines is 2. The third-order valence-electron chi connectivity index (χ3n) is 4.51. The van der Waals surface area contributed by atoms with Crippen LogP contribution in [-0.2, 0) is 22.4 Å². The zero-order valence-corrected chi connectivity index (χ0v) is 16.1. The Morgan fingerprint density at radius 3 is 2.11 bits per heavy atom. The van der Waals surface area contributed by atoms with Crippen molar-refractivity contribution in [3.8, 4) is 6.07 Å². The van der Waals surface area contributed by atoms with E-state index in [4.69, 9.17) is 5.26 Å². The highest BCUT2D eigenvalue weighted by Gasteiger charge is 2.15. The third kappa shape index (κ3) is 5.18. The molecule has 0 radical (unpaired) electrons. The molecule has 0 saturated heterocycles. The van der Waals surface area contributed by atoms with E-state index in [0.717, 1.165) is 29.7 Å². The van der Waals surface area contributed by atoms with Gasteiger partial charge in [0.05, 0.1) is 11.6 Å². The number of benzene rings is 2. The number of carbonyl (C=O) groups excluding carboxylic acids is 2. The van der Waals surface area contributed by atoms with Gasteiger partial charge in [-0.2, -0.15) is 5.26 Å². The fraction of sp³-hybridized carbons (Fsp3) is 0.318. The van der Waals surface area contributed by atoms with Gasteiger partial charge in [-0.25, -0.2) is 0 Å². The van der Waals surface area contributed by atoms with Crippen molar-refractivity contribution in [3.05, 3.63) is 59.2 Å². The summed E-state index contributed by atoms with van der Waals surface area (Å²) < 4.78 is 0. The number of aryl methyl sites for hydroxylation is 2. The molecule has 2 aromatic carbocycles. The number of rotatable bonds is 7. The van der Waals surface area contributed by atoms with Gasteiger partial charge in [0, 0.05) is 31.3 Å². The standard InChI is InChI=1S/C22H25N3O2/c1-4-18-7-6-8-19(5-2)22(18)24-21(27)13-14-25(16(3)26)20-11-9-17(15-23)10-12-20/h6-12H,4-5,13-14H2,1-3H3,(H,24,27). The Kier molecular flexibility index (Phi) is 7.13. The first kappa shape index (κ1) is 20.2. The lowest BCUT2D eigenvalue weighted by Gasteiger charge is -2.21. The quantitative estimate of drug-likeness (QED) is 0.806. The van der Waals surface area contributed by atoms with Crippen LogP contribution in [0.15, 0.2) is 42.5 Å². The van der Waals surface area contributed by atoms with E-state index in [-0.39, 0.29) is 24.8 Å². The highest BCUT2D eigenvalue weighted by Crippen LogP contribution is 2.23. The molecule has 0 fully saturated rings. The average molecular weight is 363 g/mol. The Hall–Kier alpha value is -3.13. The molecular weight excluding hydrogens is 338 g/mol. The fourth-order valence-corrected chi connectivity index (χ4v) is 3.00. The van der Waals surface area contributed by atoms with Gasteiger partial charge >= 0.3 is 0 Å². The van der Waals surface area contributed by atoms with Crippen molar-refractivity contribution in [2.75, 3.05) is 16.8 Å². The van der Waals surface area contributed by atoms with Crippen molar-refractivity contribution < 1.29 is 9.59 Å². The van der Waals surface area contributed by atoms with Gasteiger partial charge in [-0.3, -0.25) is 9.59 Å². The summed E-state index contributed by atoms with van der Waals surface area (Å²) in [6.45, 7) is 5.88. The predicted octanol–water partition coefficient (Wildman–Crippen LogP) is 4.06. The molecule has 0 aromatic heterocycles. The molecule has 27 heavy (non-hydrogen) atoms. The van der Waals surface area contributed by atoms with E-state index < -0.39 is 0 Å². The number of nitrogens with zero attached hydrogens (tertiary/aromatic N) is 2. The summed E-state index contributed by atoms with van der Waals surface area (Å²) in [7, 11) is 0. The molecule has 0 saturated carbocycles. The molecule has 5 nitrogen and oxygen atoms in total. The second-order valence-corrected chi connectivity index (χ2v) is 6.29. The first-order valence-electron chi connectivity index (χ1n) is 9.19. The summed E-state index contributed by atoms with van der Waals surface area (Å²) in [4.78, 5) is 26.1. The average Bonchev–Trinajstić information content (AvgIpc) is 2.68. The minimum Gasteiger partial charge on any atom is -0.326 e. The summed E-state index contributed by atoms with van der Waals surface area (Å²) >= 11 is 0. The van der Waals surface area contributed by atoms with E-state index in [2.05, 4.69) is 25.2 Å². The van der Waals surface area contributed by atoms with Gasteiger partial charge in [0.15, 0.2) is 0 Å². The first-order chi connectivity index (χ1) is 13.0. The minimum atomic E-state index is -0.143. The Labute approximate surface area is 160 Å². The van der Waals surface area contributed by atoms with Gasteiger partial charge in [-0.05, 0) is 48.2 Å². The van der Waals surface area contributed by atoms with Gasteiger partial charge in [0.1, 0.15) is 0 Å². The first-order valence-corrected chi connectivity index (χ1v) is 9.19. The molecule has 140 valence electrons. The smallest absolute Gasteiger partial charge is 0.226 e. The van der Waals surface area contributed by atoms with Crippen LogP contribution in [0.5, 0.6) is 0 Å². The maximum absolute atomic E-state index is 12.5. The maximum atomic E-state index is 12.5. The Morgan fingerprint density at radius 1 is 1.04 bits per heavy atom. The van der Waals surface area contributed by atoms with Crippen molar-refractivity contribution in [1.29, 1.82) is 5.26 Å². The lowest BCUT2D eigenvalue weighted by Crippen LogP contribution is -2.32. The number of hydrogen-bond acceptors (Lipinski definition) is 3. The van der Waals surface area contributed by atoms with E-state index in [0.29, 0.717) is 11.3 Å². The van der Waals surface area contributed by atoms with Gasteiger partial charge in [-0.15, -0.1) is 0 Å². The lowest BCUT2D eigenvalue weighted by atomic mass is 10.0. The van der Waals surface area contributed by atoms with Crippen LogP contribution in [0.1, 0.15) is 43.9 Å². The molecule has 0 unspecified atom stereocenters. The highest BCUT2D eigenvalue weighted by molar-refractivity contribution is 5.95. The Bertz CT molecular complexity index is 829. The second-order valence-electron chi connectivity index (χ2n) is 6.29. The third-order valence-corrected chi connectivity index (χ3v) is 4.51. The normalized spacial score (nSPS) is 10.1. The van der Waals surface area contributed by atoms with E-state index in [1.54, 1.807) is 29.2 Å². The molecule has 0 heterocycles. The lowest BCUT2D eigenvalue weighted by molar-refractivity contribution is -0.117. The van der Waals surface area contributed by atoms with Gasteiger partial charge < -0.3 is 10.2 Å². The molecule has 2 aromatic rings. The zero-order valence-electron chi connectivity index (χ0n) is 16.1. The molecule has 0 atom stereocenters. The van der Waals surface area contributed by atoms with Gasteiger partial charge in [-0.1, -0.05) is 32.0 Å². The SMILES string of the molecule is CCc1cccc(CC)c1NC(=O)CCN(C(C)=O)c1ccc(C#N)cc1. The molecule has 0 aliphatic rings.